The monoisotopic (exact) mass is 270 g/mol. The standard InChI is InChI=1S/C15H18N4O/c1-11-6-5-7-12(2)13(11)19-10-16-14(17-15(19)20)18-8-3-4-9-18/h5-7,10H,3-4,8-9H2,1-2H3. The van der Waals surface area contributed by atoms with Crippen molar-refractivity contribution in [3.05, 3.63) is 46.1 Å². The SMILES string of the molecule is Cc1cccc(C)c1-n1cnc(N2CCCC2)nc1=O. The minimum Gasteiger partial charge on any atom is -0.341 e. The highest BCUT2D eigenvalue weighted by molar-refractivity contribution is 5.46. The van der Waals surface area contributed by atoms with E-state index >= 15 is 0 Å². The van der Waals surface area contributed by atoms with Gasteiger partial charge >= 0.3 is 5.69 Å². The molecule has 0 atom stereocenters. The summed E-state index contributed by atoms with van der Waals surface area (Å²) in [5.41, 5.74) is 2.71. The highest BCUT2D eigenvalue weighted by atomic mass is 16.1. The van der Waals surface area contributed by atoms with E-state index in [1.54, 1.807) is 6.33 Å². The predicted molar refractivity (Wildman–Crippen MR) is 78.6 cm³/mol. The van der Waals surface area contributed by atoms with Crippen molar-refractivity contribution in [2.45, 2.75) is 26.7 Å². The fraction of sp³-hybridized carbons (Fsp3) is 0.400. The van der Waals surface area contributed by atoms with Gasteiger partial charge in [0.15, 0.2) is 0 Å². The quantitative estimate of drug-likeness (QED) is 0.835. The summed E-state index contributed by atoms with van der Waals surface area (Å²) in [6, 6.07) is 5.96. The number of para-hydroxylation sites is 1. The number of nitrogens with zero attached hydrogens (tertiary/aromatic N) is 4. The lowest BCUT2D eigenvalue weighted by Gasteiger charge is -2.16. The molecule has 0 unspecified atom stereocenters. The summed E-state index contributed by atoms with van der Waals surface area (Å²) in [5.74, 6) is 0.551. The Morgan fingerprint density at radius 1 is 1.10 bits per heavy atom. The summed E-state index contributed by atoms with van der Waals surface area (Å²) in [6.45, 7) is 5.85. The summed E-state index contributed by atoms with van der Waals surface area (Å²) in [4.78, 5) is 22.8. The van der Waals surface area contributed by atoms with Gasteiger partial charge in [0.25, 0.3) is 0 Å². The molecule has 1 fully saturated rings. The fourth-order valence-corrected chi connectivity index (χ4v) is 2.74. The van der Waals surface area contributed by atoms with Crippen LogP contribution in [-0.4, -0.2) is 27.6 Å². The van der Waals surface area contributed by atoms with E-state index in [-0.39, 0.29) is 5.69 Å². The van der Waals surface area contributed by atoms with Crippen molar-refractivity contribution in [1.82, 2.24) is 14.5 Å². The summed E-state index contributed by atoms with van der Waals surface area (Å²) >= 11 is 0. The van der Waals surface area contributed by atoms with Crippen LogP contribution in [-0.2, 0) is 0 Å². The van der Waals surface area contributed by atoms with Crippen molar-refractivity contribution in [2.75, 3.05) is 18.0 Å². The Morgan fingerprint density at radius 3 is 2.35 bits per heavy atom. The summed E-state index contributed by atoms with van der Waals surface area (Å²) in [5, 5.41) is 0. The van der Waals surface area contributed by atoms with E-state index in [4.69, 9.17) is 0 Å². The first kappa shape index (κ1) is 12.8. The number of aromatic nitrogens is 3. The van der Waals surface area contributed by atoms with Crippen LogP contribution in [0.4, 0.5) is 5.95 Å². The van der Waals surface area contributed by atoms with Gasteiger partial charge in [-0.2, -0.15) is 4.98 Å². The summed E-state index contributed by atoms with van der Waals surface area (Å²) in [7, 11) is 0. The van der Waals surface area contributed by atoms with Crippen LogP contribution < -0.4 is 10.6 Å². The Labute approximate surface area is 117 Å². The van der Waals surface area contributed by atoms with Gasteiger partial charge < -0.3 is 4.90 Å². The molecule has 1 aromatic heterocycles. The van der Waals surface area contributed by atoms with E-state index in [0.717, 1.165) is 42.7 Å². The molecule has 2 heterocycles. The van der Waals surface area contributed by atoms with Crippen LogP contribution in [0.3, 0.4) is 0 Å². The molecule has 1 aliphatic rings. The molecule has 0 saturated carbocycles. The molecule has 0 N–H and O–H groups in total. The minimum absolute atomic E-state index is 0.265. The zero-order valence-electron chi connectivity index (χ0n) is 11.8. The second-order valence-corrected chi connectivity index (χ2v) is 5.24. The topological polar surface area (TPSA) is 51.0 Å². The minimum atomic E-state index is -0.265. The van der Waals surface area contributed by atoms with Gasteiger partial charge in [-0.3, -0.25) is 4.57 Å². The fourth-order valence-electron chi connectivity index (χ4n) is 2.74. The molecule has 0 amide bonds. The zero-order chi connectivity index (χ0) is 14.1. The molecule has 0 spiro atoms. The first-order valence-corrected chi connectivity index (χ1v) is 6.94. The van der Waals surface area contributed by atoms with Crippen LogP contribution in [0.5, 0.6) is 0 Å². The van der Waals surface area contributed by atoms with Crippen molar-refractivity contribution < 1.29 is 0 Å². The Hall–Kier alpha value is -2.17. The number of benzene rings is 1. The smallest absolute Gasteiger partial charge is 0.341 e. The van der Waals surface area contributed by atoms with Crippen LogP contribution in [0.2, 0.25) is 0 Å². The first-order valence-electron chi connectivity index (χ1n) is 6.94. The third-order valence-electron chi connectivity index (χ3n) is 3.76. The van der Waals surface area contributed by atoms with E-state index in [9.17, 15) is 4.79 Å². The lowest BCUT2D eigenvalue weighted by Crippen LogP contribution is -2.29. The molecule has 104 valence electrons. The van der Waals surface area contributed by atoms with E-state index in [0.29, 0.717) is 5.95 Å². The van der Waals surface area contributed by atoms with Gasteiger partial charge in [0.2, 0.25) is 5.95 Å². The van der Waals surface area contributed by atoms with Gasteiger partial charge in [0.05, 0.1) is 5.69 Å². The van der Waals surface area contributed by atoms with Crippen molar-refractivity contribution >= 4 is 5.95 Å². The van der Waals surface area contributed by atoms with Gasteiger partial charge in [0.1, 0.15) is 6.33 Å². The first-order chi connectivity index (χ1) is 9.66. The molecule has 0 bridgehead atoms. The van der Waals surface area contributed by atoms with Crippen LogP contribution in [0, 0.1) is 13.8 Å². The van der Waals surface area contributed by atoms with Crippen molar-refractivity contribution in [3.8, 4) is 5.69 Å². The lowest BCUT2D eigenvalue weighted by molar-refractivity contribution is 0.804. The largest absolute Gasteiger partial charge is 0.356 e. The maximum absolute atomic E-state index is 12.3. The Bertz CT molecular complexity index is 666. The third-order valence-corrected chi connectivity index (χ3v) is 3.76. The van der Waals surface area contributed by atoms with E-state index in [1.165, 1.54) is 4.57 Å². The molecular weight excluding hydrogens is 252 g/mol. The number of hydrogen-bond donors (Lipinski definition) is 0. The van der Waals surface area contributed by atoms with Crippen LogP contribution in [0.25, 0.3) is 5.69 Å². The van der Waals surface area contributed by atoms with Crippen molar-refractivity contribution in [2.24, 2.45) is 0 Å². The van der Waals surface area contributed by atoms with E-state index in [1.807, 2.05) is 32.0 Å². The Kier molecular flexibility index (Phi) is 3.26. The van der Waals surface area contributed by atoms with Gasteiger partial charge in [-0.1, -0.05) is 18.2 Å². The highest BCUT2D eigenvalue weighted by Gasteiger charge is 2.16. The molecular formula is C15H18N4O. The van der Waals surface area contributed by atoms with Crippen molar-refractivity contribution in [1.29, 1.82) is 0 Å². The molecule has 2 aromatic rings. The number of rotatable bonds is 2. The summed E-state index contributed by atoms with van der Waals surface area (Å²) in [6.07, 6.45) is 3.88. The molecule has 0 aliphatic carbocycles. The van der Waals surface area contributed by atoms with Crippen molar-refractivity contribution in [3.63, 3.8) is 0 Å². The molecule has 20 heavy (non-hydrogen) atoms. The maximum atomic E-state index is 12.3. The van der Waals surface area contributed by atoms with Crippen LogP contribution in [0.15, 0.2) is 29.3 Å². The highest BCUT2D eigenvalue weighted by Crippen LogP contribution is 2.17. The lowest BCUT2D eigenvalue weighted by atomic mass is 10.1. The van der Waals surface area contributed by atoms with Gasteiger partial charge in [0, 0.05) is 13.1 Å². The normalized spacial score (nSPS) is 14.8. The maximum Gasteiger partial charge on any atom is 0.356 e. The number of aryl methyl sites for hydroxylation is 2. The predicted octanol–water partition coefficient (Wildman–Crippen LogP) is 1.84. The molecule has 1 aliphatic heterocycles. The molecule has 5 nitrogen and oxygen atoms in total. The summed E-state index contributed by atoms with van der Waals surface area (Å²) < 4.78 is 1.53. The molecule has 3 rings (SSSR count). The zero-order valence-corrected chi connectivity index (χ0v) is 11.8. The molecule has 1 aromatic carbocycles. The Morgan fingerprint density at radius 2 is 1.75 bits per heavy atom. The molecule has 0 radical (unpaired) electrons. The van der Waals surface area contributed by atoms with E-state index < -0.39 is 0 Å². The van der Waals surface area contributed by atoms with E-state index in [2.05, 4.69) is 14.9 Å². The second kappa shape index (κ2) is 5.07. The van der Waals surface area contributed by atoms with Gasteiger partial charge in [-0.05, 0) is 37.8 Å². The van der Waals surface area contributed by atoms with Gasteiger partial charge in [-0.15, -0.1) is 0 Å². The third kappa shape index (κ3) is 2.19. The molecule has 5 heteroatoms. The van der Waals surface area contributed by atoms with Crippen LogP contribution in [0.1, 0.15) is 24.0 Å². The number of hydrogen-bond acceptors (Lipinski definition) is 4. The van der Waals surface area contributed by atoms with Crippen LogP contribution >= 0.6 is 0 Å². The number of anilines is 1. The molecule has 1 saturated heterocycles. The van der Waals surface area contributed by atoms with Gasteiger partial charge in [-0.25, -0.2) is 9.78 Å². The second-order valence-electron chi connectivity index (χ2n) is 5.24. The average Bonchev–Trinajstić information content (AvgIpc) is 2.94. The Balaban J connectivity index is 2.05. The average molecular weight is 270 g/mol.